The molecule has 0 fully saturated rings. The molecule has 0 aliphatic rings. The van der Waals surface area contributed by atoms with Crippen LogP contribution in [0, 0.1) is 17.0 Å². The SMILES string of the molecule is Cc1ccc(S(=O)(=O)N/N=C(\c2nc3ccc(Cl)cc3[nH]c2=O)C(O)c2cccc([N+](=O)[O-])c2)cc1. The fourth-order valence-corrected chi connectivity index (χ4v) is 4.31. The average Bonchev–Trinajstić information content (AvgIpc) is 2.84. The topological polar surface area (TPSA) is 168 Å². The van der Waals surface area contributed by atoms with Gasteiger partial charge in [-0.25, -0.2) is 4.98 Å². The number of halogens is 1. The lowest BCUT2D eigenvalue weighted by Crippen LogP contribution is -2.29. The van der Waals surface area contributed by atoms with Crippen LogP contribution in [0.2, 0.25) is 5.02 Å². The van der Waals surface area contributed by atoms with Crippen molar-refractivity contribution in [3.63, 3.8) is 0 Å². The number of rotatable bonds is 7. The molecule has 184 valence electrons. The Hall–Kier alpha value is -4.13. The molecule has 0 spiro atoms. The van der Waals surface area contributed by atoms with E-state index in [1.807, 2.05) is 4.83 Å². The Morgan fingerprint density at radius 1 is 1.17 bits per heavy atom. The van der Waals surface area contributed by atoms with E-state index in [2.05, 4.69) is 15.1 Å². The zero-order valence-electron chi connectivity index (χ0n) is 18.5. The summed E-state index contributed by atoms with van der Waals surface area (Å²) in [5, 5.41) is 26.5. The van der Waals surface area contributed by atoms with Gasteiger partial charge in [0.05, 0.1) is 20.9 Å². The predicted molar refractivity (Wildman–Crippen MR) is 133 cm³/mol. The normalized spacial score (nSPS) is 12.9. The highest BCUT2D eigenvalue weighted by Gasteiger charge is 2.25. The van der Waals surface area contributed by atoms with Crippen LogP contribution in [0.25, 0.3) is 11.0 Å². The van der Waals surface area contributed by atoms with E-state index in [1.165, 1.54) is 48.5 Å². The zero-order chi connectivity index (χ0) is 26.0. The third kappa shape index (κ3) is 5.25. The van der Waals surface area contributed by atoms with Gasteiger partial charge in [0.2, 0.25) is 0 Å². The highest BCUT2D eigenvalue weighted by atomic mass is 35.5. The number of nitro benzene ring substituents is 1. The van der Waals surface area contributed by atoms with Gasteiger partial charge < -0.3 is 10.1 Å². The average molecular weight is 528 g/mol. The number of non-ortho nitro benzene ring substituents is 1. The number of aromatic amines is 1. The molecule has 0 bridgehead atoms. The molecular formula is C23H18ClN5O6S. The summed E-state index contributed by atoms with van der Waals surface area (Å²) in [5.41, 5.74) is -0.542. The number of nitrogens with zero attached hydrogens (tertiary/aromatic N) is 3. The second-order valence-corrected chi connectivity index (χ2v) is 9.83. The minimum Gasteiger partial charge on any atom is -0.382 e. The highest BCUT2D eigenvalue weighted by Crippen LogP contribution is 2.23. The van der Waals surface area contributed by atoms with Gasteiger partial charge in [0.25, 0.3) is 21.3 Å². The number of nitro groups is 1. The van der Waals surface area contributed by atoms with Crippen molar-refractivity contribution in [1.82, 2.24) is 14.8 Å². The van der Waals surface area contributed by atoms with Crippen LogP contribution in [0.5, 0.6) is 0 Å². The number of nitrogens with one attached hydrogen (secondary N) is 2. The predicted octanol–water partition coefficient (Wildman–Crippen LogP) is 3.21. The monoisotopic (exact) mass is 527 g/mol. The number of sulfonamides is 1. The lowest BCUT2D eigenvalue weighted by molar-refractivity contribution is -0.385. The van der Waals surface area contributed by atoms with Gasteiger partial charge in [0.1, 0.15) is 11.8 Å². The van der Waals surface area contributed by atoms with Crippen molar-refractivity contribution in [2.45, 2.75) is 17.9 Å². The van der Waals surface area contributed by atoms with Crippen molar-refractivity contribution in [3.05, 3.63) is 109 Å². The first-order chi connectivity index (χ1) is 17.0. The van der Waals surface area contributed by atoms with Crippen molar-refractivity contribution in [3.8, 4) is 0 Å². The first-order valence-electron chi connectivity index (χ1n) is 10.3. The minimum atomic E-state index is -4.19. The first-order valence-corrected chi connectivity index (χ1v) is 12.2. The Morgan fingerprint density at radius 3 is 2.58 bits per heavy atom. The molecule has 0 aliphatic heterocycles. The van der Waals surface area contributed by atoms with Crippen molar-refractivity contribution < 1.29 is 18.4 Å². The molecule has 0 amide bonds. The van der Waals surface area contributed by atoms with Gasteiger partial charge in [0, 0.05) is 17.2 Å². The molecule has 3 N–H and O–H groups in total. The van der Waals surface area contributed by atoms with Gasteiger partial charge >= 0.3 is 0 Å². The molecule has 4 aromatic rings. The molecule has 3 aromatic carbocycles. The highest BCUT2D eigenvalue weighted by molar-refractivity contribution is 7.89. The number of hydrazone groups is 1. The number of aromatic nitrogens is 2. The van der Waals surface area contributed by atoms with Crippen molar-refractivity contribution in [2.24, 2.45) is 5.10 Å². The number of benzene rings is 3. The lowest BCUT2D eigenvalue weighted by atomic mass is 10.0. The maximum atomic E-state index is 12.9. The van der Waals surface area contributed by atoms with E-state index in [1.54, 1.807) is 19.1 Å². The molecule has 1 unspecified atom stereocenters. The molecule has 0 saturated carbocycles. The summed E-state index contributed by atoms with van der Waals surface area (Å²) in [7, 11) is -4.19. The van der Waals surface area contributed by atoms with Crippen LogP contribution in [0.1, 0.15) is 22.9 Å². The molecular weight excluding hydrogens is 510 g/mol. The van der Waals surface area contributed by atoms with E-state index in [0.29, 0.717) is 10.5 Å². The largest absolute Gasteiger partial charge is 0.382 e. The molecule has 36 heavy (non-hydrogen) atoms. The summed E-state index contributed by atoms with van der Waals surface area (Å²) in [4.78, 5) is 32.2. The van der Waals surface area contributed by atoms with Crippen LogP contribution in [0.3, 0.4) is 0 Å². The van der Waals surface area contributed by atoms with Crippen molar-refractivity contribution >= 4 is 44.1 Å². The van der Waals surface area contributed by atoms with Crippen molar-refractivity contribution in [2.75, 3.05) is 0 Å². The number of hydrogen-bond donors (Lipinski definition) is 3. The zero-order valence-corrected chi connectivity index (χ0v) is 20.1. The molecule has 4 rings (SSSR count). The summed E-state index contributed by atoms with van der Waals surface area (Å²) < 4.78 is 25.6. The van der Waals surface area contributed by atoms with E-state index < -0.39 is 38.0 Å². The number of hydrogen-bond acceptors (Lipinski definition) is 8. The summed E-state index contributed by atoms with van der Waals surface area (Å²) in [6, 6.07) is 15.5. The Balaban J connectivity index is 1.85. The van der Waals surface area contributed by atoms with Crippen LogP contribution >= 0.6 is 11.6 Å². The Labute approximate surface area is 209 Å². The number of aliphatic hydroxyl groups excluding tert-OH is 1. The third-order valence-electron chi connectivity index (χ3n) is 5.17. The minimum absolute atomic E-state index is 0.00473. The summed E-state index contributed by atoms with van der Waals surface area (Å²) in [6.45, 7) is 1.79. The summed E-state index contributed by atoms with van der Waals surface area (Å²) >= 11 is 5.97. The number of fused-ring (bicyclic) bond motifs is 1. The molecule has 13 heteroatoms. The van der Waals surface area contributed by atoms with Gasteiger partial charge in [-0.1, -0.05) is 41.4 Å². The summed E-state index contributed by atoms with van der Waals surface area (Å²) in [6.07, 6.45) is -1.75. The molecule has 0 radical (unpaired) electrons. The lowest BCUT2D eigenvalue weighted by Gasteiger charge is -2.14. The van der Waals surface area contributed by atoms with Gasteiger partial charge in [-0.15, -0.1) is 0 Å². The van der Waals surface area contributed by atoms with Crippen LogP contribution in [0.15, 0.2) is 81.5 Å². The summed E-state index contributed by atoms with van der Waals surface area (Å²) in [5.74, 6) is 0. The van der Waals surface area contributed by atoms with Crippen LogP contribution in [-0.2, 0) is 10.0 Å². The molecule has 11 nitrogen and oxygen atoms in total. The molecule has 1 atom stereocenters. The Kier molecular flexibility index (Phi) is 6.84. The van der Waals surface area contributed by atoms with E-state index >= 15 is 0 Å². The van der Waals surface area contributed by atoms with Crippen molar-refractivity contribution in [1.29, 1.82) is 0 Å². The van der Waals surface area contributed by atoms with E-state index in [-0.39, 0.29) is 21.7 Å². The second-order valence-electron chi connectivity index (χ2n) is 7.74. The maximum Gasteiger partial charge on any atom is 0.276 e. The number of aliphatic hydroxyl groups is 1. The standard InChI is InChI=1S/C23H18ClN5O6S/c1-13-5-8-17(9-6-13)36(34,35)28-27-20(22(30)14-3-2-4-16(11-14)29(32)33)21-23(31)26-19-12-15(24)7-10-18(19)25-21/h2-12,22,28,30H,1H3,(H,26,31)/b27-20+. The first kappa shape index (κ1) is 25.0. The Morgan fingerprint density at radius 2 is 1.89 bits per heavy atom. The van der Waals surface area contributed by atoms with E-state index in [0.717, 1.165) is 11.6 Å². The van der Waals surface area contributed by atoms with Gasteiger partial charge in [0.15, 0.2) is 5.69 Å². The third-order valence-corrected chi connectivity index (χ3v) is 6.63. The quantitative estimate of drug-likeness (QED) is 0.188. The number of H-pyrrole nitrogens is 1. The second kappa shape index (κ2) is 9.85. The smallest absolute Gasteiger partial charge is 0.276 e. The van der Waals surface area contributed by atoms with Crippen LogP contribution in [0.4, 0.5) is 5.69 Å². The van der Waals surface area contributed by atoms with E-state index in [4.69, 9.17) is 11.6 Å². The maximum absolute atomic E-state index is 12.9. The fraction of sp³-hybridized carbons (Fsp3) is 0.0870. The van der Waals surface area contributed by atoms with Gasteiger partial charge in [-0.3, -0.25) is 14.9 Å². The van der Waals surface area contributed by atoms with Crippen LogP contribution in [-0.4, -0.2) is 34.1 Å². The van der Waals surface area contributed by atoms with Gasteiger partial charge in [-0.05, 0) is 42.8 Å². The molecule has 1 aromatic heterocycles. The molecule has 1 heterocycles. The number of aryl methyl sites for hydroxylation is 1. The van der Waals surface area contributed by atoms with Gasteiger partial charge in [-0.2, -0.15) is 18.4 Å². The molecule has 0 aliphatic carbocycles. The van der Waals surface area contributed by atoms with E-state index in [9.17, 15) is 28.4 Å². The van der Waals surface area contributed by atoms with Crippen LogP contribution < -0.4 is 10.4 Å². The fourth-order valence-electron chi connectivity index (χ4n) is 3.32. The molecule has 0 saturated heterocycles. The Bertz CT molecular complexity index is 1670.